The van der Waals surface area contributed by atoms with Crippen LogP contribution in [0.4, 0.5) is 17.2 Å². The molecular weight excluding hydrogens is 370 g/mol. The number of aryl methyl sites for hydroxylation is 1. The number of anilines is 3. The second kappa shape index (κ2) is 8.63. The number of amides is 1. The zero-order valence-corrected chi connectivity index (χ0v) is 15.8. The molecule has 3 aromatic rings. The van der Waals surface area contributed by atoms with Crippen LogP contribution in [-0.4, -0.2) is 29.0 Å². The number of rotatable bonds is 5. The Balaban J connectivity index is 1.79. The molecule has 8 heteroatoms. The summed E-state index contributed by atoms with van der Waals surface area (Å²) in [4.78, 5) is 32.5. The number of esters is 1. The first-order valence-corrected chi connectivity index (χ1v) is 8.61. The SMILES string of the molecule is COC(=O)c1ccc(NC(=O)c2cc(Nc3ccccc3C#N)nc(C)n2)cc1. The number of ether oxygens (including phenoxy) is 1. The second-order valence-electron chi connectivity index (χ2n) is 5.99. The van der Waals surface area contributed by atoms with Gasteiger partial charge in [0.05, 0.1) is 23.9 Å². The highest BCUT2D eigenvalue weighted by molar-refractivity contribution is 6.03. The van der Waals surface area contributed by atoms with Gasteiger partial charge in [-0.05, 0) is 43.3 Å². The molecule has 0 bridgehead atoms. The number of hydrogen-bond acceptors (Lipinski definition) is 7. The standard InChI is InChI=1S/C21H17N5O3/c1-13-23-18(11-19(24-13)26-17-6-4-3-5-15(17)12-22)20(27)25-16-9-7-14(8-10-16)21(28)29-2/h3-11H,1-2H3,(H,25,27)(H,23,24,26). The summed E-state index contributed by atoms with van der Waals surface area (Å²) >= 11 is 0. The molecule has 0 saturated carbocycles. The average Bonchev–Trinajstić information content (AvgIpc) is 2.73. The summed E-state index contributed by atoms with van der Waals surface area (Å²) in [6.45, 7) is 1.67. The third-order valence-corrected chi connectivity index (χ3v) is 3.94. The summed E-state index contributed by atoms with van der Waals surface area (Å²) in [5, 5.41) is 15.0. The fraction of sp³-hybridized carbons (Fsp3) is 0.0952. The van der Waals surface area contributed by atoms with E-state index in [1.165, 1.54) is 13.2 Å². The van der Waals surface area contributed by atoms with Crippen molar-refractivity contribution < 1.29 is 14.3 Å². The minimum atomic E-state index is -0.456. The van der Waals surface area contributed by atoms with E-state index >= 15 is 0 Å². The Bertz CT molecular complexity index is 1100. The maximum absolute atomic E-state index is 12.6. The van der Waals surface area contributed by atoms with Crippen LogP contribution in [0.2, 0.25) is 0 Å². The molecule has 1 aromatic heterocycles. The molecule has 0 radical (unpaired) electrons. The highest BCUT2D eigenvalue weighted by Gasteiger charge is 2.13. The third-order valence-electron chi connectivity index (χ3n) is 3.94. The predicted molar refractivity (Wildman–Crippen MR) is 107 cm³/mol. The third kappa shape index (κ3) is 4.73. The van der Waals surface area contributed by atoms with Crippen molar-refractivity contribution >= 4 is 29.1 Å². The summed E-state index contributed by atoms with van der Waals surface area (Å²) in [6, 6.07) is 16.9. The van der Waals surface area contributed by atoms with Gasteiger partial charge in [-0.1, -0.05) is 12.1 Å². The minimum Gasteiger partial charge on any atom is -0.465 e. The highest BCUT2D eigenvalue weighted by atomic mass is 16.5. The van der Waals surface area contributed by atoms with Gasteiger partial charge in [0.25, 0.3) is 5.91 Å². The van der Waals surface area contributed by atoms with Gasteiger partial charge >= 0.3 is 5.97 Å². The van der Waals surface area contributed by atoms with Crippen molar-refractivity contribution in [2.75, 3.05) is 17.7 Å². The molecular formula is C21H17N5O3. The number of nitrogens with one attached hydrogen (secondary N) is 2. The normalized spacial score (nSPS) is 9.97. The van der Waals surface area contributed by atoms with E-state index in [1.54, 1.807) is 55.5 Å². The Hall–Kier alpha value is -4.25. The predicted octanol–water partition coefficient (Wildman–Crippen LogP) is 3.44. The lowest BCUT2D eigenvalue weighted by Gasteiger charge is -2.10. The van der Waals surface area contributed by atoms with Gasteiger partial charge in [-0.25, -0.2) is 14.8 Å². The number of nitriles is 1. The molecule has 0 spiro atoms. The van der Waals surface area contributed by atoms with Gasteiger partial charge in [0.15, 0.2) is 0 Å². The maximum atomic E-state index is 12.6. The van der Waals surface area contributed by atoms with Crippen LogP contribution in [0.15, 0.2) is 54.6 Å². The maximum Gasteiger partial charge on any atom is 0.337 e. The summed E-state index contributed by atoms with van der Waals surface area (Å²) in [5.74, 6) is -0.0948. The van der Waals surface area contributed by atoms with Crippen molar-refractivity contribution in [1.82, 2.24) is 9.97 Å². The number of hydrogen-bond donors (Lipinski definition) is 2. The van der Waals surface area contributed by atoms with Crippen LogP contribution >= 0.6 is 0 Å². The van der Waals surface area contributed by atoms with E-state index in [0.717, 1.165) is 0 Å². The first-order chi connectivity index (χ1) is 14.0. The van der Waals surface area contributed by atoms with Crippen molar-refractivity contribution in [1.29, 1.82) is 5.26 Å². The van der Waals surface area contributed by atoms with Gasteiger partial charge < -0.3 is 15.4 Å². The van der Waals surface area contributed by atoms with Crippen LogP contribution in [0, 0.1) is 18.3 Å². The zero-order chi connectivity index (χ0) is 20.8. The lowest BCUT2D eigenvalue weighted by Crippen LogP contribution is -2.15. The van der Waals surface area contributed by atoms with Gasteiger partial charge in [0.2, 0.25) is 0 Å². The van der Waals surface area contributed by atoms with Gasteiger partial charge in [0.1, 0.15) is 23.4 Å². The van der Waals surface area contributed by atoms with Gasteiger partial charge in [-0.3, -0.25) is 4.79 Å². The monoisotopic (exact) mass is 387 g/mol. The number of para-hydroxylation sites is 1. The van der Waals surface area contributed by atoms with E-state index in [2.05, 4.69) is 31.4 Å². The van der Waals surface area contributed by atoms with E-state index in [1.807, 2.05) is 0 Å². The van der Waals surface area contributed by atoms with Crippen LogP contribution in [0.1, 0.15) is 32.2 Å². The topological polar surface area (TPSA) is 117 Å². The minimum absolute atomic E-state index is 0.159. The molecule has 0 aliphatic rings. The highest BCUT2D eigenvalue weighted by Crippen LogP contribution is 2.20. The molecule has 0 atom stereocenters. The number of benzene rings is 2. The van der Waals surface area contributed by atoms with Gasteiger partial charge in [-0.15, -0.1) is 0 Å². The van der Waals surface area contributed by atoms with E-state index < -0.39 is 11.9 Å². The smallest absolute Gasteiger partial charge is 0.337 e. The van der Waals surface area contributed by atoms with Crippen molar-refractivity contribution in [3.8, 4) is 6.07 Å². The van der Waals surface area contributed by atoms with Crippen LogP contribution in [0.3, 0.4) is 0 Å². The quantitative estimate of drug-likeness (QED) is 0.644. The van der Waals surface area contributed by atoms with Crippen molar-refractivity contribution in [2.45, 2.75) is 6.92 Å². The molecule has 29 heavy (non-hydrogen) atoms. The number of aromatic nitrogens is 2. The Morgan fingerprint density at radius 2 is 1.79 bits per heavy atom. The molecule has 2 N–H and O–H groups in total. The molecule has 0 saturated heterocycles. The fourth-order valence-electron chi connectivity index (χ4n) is 2.58. The van der Waals surface area contributed by atoms with Crippen LogP contribution in [0.25, 0.3) is 0 Å². The van der Waals surface area contributed by atoms with Crippen molar-refractivity contribution in [2.24, 2.45) is 0 Å². The average molecular weight is 387 g/mol. The number of carbonyl (C=O) groups excluding carboxylic acids is 2. The Labute approximate surface area is 167 Å². The lowest BCUT2D eigenvalue weighted by molar-refractivity contribution is 0.0600. The van der Waals surface area contributed by atoms with E-state index in [9.17, 15) is 14.9 Å². The molecule has 2 aromatic carbocycles. The lowest BCUT2D eigenvalue weighted by atomic mass is 10.2. The van der Waals surface area contributed by atoms with Crippen LogP contribution < -0.4 is 10.6 Å². The Morgan fingerprint density at radius 3 is 2.48 bits per heavy atom. The molecule has 1 amide bonds. The van der Waals surface area contributed by atoms with E-state index in [-0.39, 0.29) is 5.69 Å². The van der Waals surface area contributed by atoms with E-state index in [0.29, 0.717) is 34.1 Å². The summed E-state index contributed by atoms with van der Waals surface area (Å²) in [7, 11) is 1.30. The molecule has 0 aliphatic carbocycles. The summed E-state index contributed by atoms with van der Waals surface area (Å²) in [6.07, 6.45) is 0. The molecule has 144 valence electrons. The molecule has 0 unspecified atom stereocenters. The zero-order valence-electron chi connectivity index (χ0n) is 15.8. The molecule has 0 fully saturated rings. The number of methoxy groups -OCH3 is 1. The molecule has 8 nitrogen and oxygen atoms in total. The summed E-state index contributed by atoms with van der Waals surface area (Å²) < 4.78 is 4.65. The summed E-state index contributed by atoms with van der Waals surface area (Å²) in [5.41, 5.74) is 2.08. The molecule has 3 rings (SSSR count). The largest absolute Gasteiger partial charge is 0.465 e. The first kappa shape index (κ1) is 19.5. The number of nitrogens with zero attached hydrogens (tertiary/aromatic N) is 3. The van der Waals surface area contributed by atoms with Crippen molar-refractivity contribution in [3.05, 3.63) is 77.2 Å². The van der Waals surface area contributed by atoms with Gasteiger partial charge in [0, 0.05) is 11.8 Å². The molecule has 0 aliphatic heterocycles. The van der Waals surface area contributed by atoms with E-state index in [4.69, 9.17) is 0 Å². The fourth-order valence-corrected chi connectivity index (χ4v) is 2.58. The van der Waals surface area contributed by atoms with Crippen LogP contribution in [-0.2, 0) is 4.74 Å². The second-order valence-corrected chi connectivity index (χ2v) is 5.99. The first-order valence-electron chi connectivity index (χ1n) is 8.61. The van der Waals surface area contributed by atoms with Gasteiger partial charge in [-0.2, -0.15) is 5.26 Å². The van der Waals surface area contributed by atoms with Crippen molar-refractivity contribution in [3.63, 3.8) is 0 Å². The number of carbonyl (C=O) groups is 2. The Kier molecular flexibility index (Phi) is 5.80. The molecule has 1 heterocycles. The Morgan fingerprint density at radius 1 is 1.07 bits per heavy atom. The van der Waals surface area contributed by atoms with Crippen LogP contribution in [0.5, 0.6) is 0 Å².